The second-order valence-corrected chi connectivity index (χ2v) is 11.3. The largest absolute Gasteiger partial charge is 0.455 e. The molecule has 0 fully saturated rings. The molecule has 6 aromatic carbocycles. The van der Waals surface area contributed by atoms with Gasteiger partial charge in [-0.3, -0.25) is 4.90 Å². The van der Waals surface area contributed by atoms with Crippen LogP contribution in [0.5, 0.6) is 0 Å². The molecule has 0 saturated carbocycles. The normalized spacial score (nSPS) is 12.4. The topological polar surface area (TPSA) is 60.0 Å². The molecule has 1 aliphatic rings. The fourth-order valence-corrected chi connectivity index (χ4v) is 6.83. The highest BCUT2D eigenvalue weighted by molar-refractivity contribution is 6.26. The summed E-state index contributed by atoms with van der Waals surface area (Å²) in [5.41, 5.74) is 8.88. The molecule has 0 unspecified atom stereocenters. The van der Waals surface area contributed by atoms with Crippen LogP contribution in [0, 0.1) is 0 Å². The van der Waals surface area contributed by atoms with Gasteiger partial charge in [-0.15, -0.1) is 0 Å². The van der Waals surface area contributed by atoms with Crippen molar-refractivity contribution in [3.8, 4) is 28.5 Å². The van der Waals surface area contributed by atoms with Gasteiger partial charge in [-0.1, -0.05) is 103 Å². The van der Waals surface area contributed by atoms with Crippen LogP contribution in [0.1, 0.15) is 0 Å². The molecule has 210 valence electrons. The van der Waals surface area contributed by atoms with E-state index < -0.39 is 0 Å². The van der Waals surface area contributed by atoms with E-state index in [0.29, 0.717) is 17.6 Å². The van der Waals surface area contributed by atoms with Crippen LogP contribution in [-0.4, -0.2) is 19.5 Å². The molecular weight excluding hydrogens is 554 g/mol. The minimum atomic E-state index is 0.563. The van der Waals surface area contributed by atoms with Gasteiger partial charge in [-0.2, -0.15) is 9.97 Å². The zero-order valence-corrected chi connectivity index (χ0v) is 23.9. The van der Waals surface area contributed by atoms with Gasteiger partial charge < -0.3 is 8.98 Å². The molecule has 0 amide bonds. The zero-order valence-electron chi connectivity index (χ0n) is 23.9. The van der Waals surface area contributed by atoms with Crippen molar-refractivity contribution in [3.05, 3.63) is 140 Å². The highest BCUT2D eigenvalue weighted by Crippen LogP contribution is 2.50. The maximum Gasteiger partial charge on any atom is 0.238 e. The molecule has 4 heterocycles. The molecule has 0 aliphatic carbocycles. The fraction of sp³-hybridized carbons (Fsp3) is 0. The number of hydrogen-bond donors (Lipinski definition) is 0. The molecule has 0 saturated heterocycles. The van der Waals surface area contributed by atoms with Gasteiger partial charge in [0.25, 0.3) is 0 Å². The quantitative estimate of drug-likeness (QED) is 0.209. The van der Waals surface area contributed by atoms with Crippen molar-refractivity contribution in [3.63, 3.8) is 0 Å². The first-order valence-electron chi connectivity index (χ1n) is 15.0. The first kappa shape index (κ1) is 24.2. The summed E-state index contributed by atoms with van der Waals surface area (Å²) in [6.45, 7) is 0. The van der Waals surface area contributed by atoms with Crippen LogP contribution >= 0.6 is 0 Å². The summed E-state index contributed by atoms with van der Waals surface area (Å²) < 4.78 is 8.92. The van der Waals surface area contributed by atoms with Gasteiger partial charge in [0, 0.05) is 27.3 Å². The monoisotopic (exact) mass is 577 g/mol. The lowest BCUT2D eigenvalue weighted by molar-refractivity contribution is 0.673. The molecule has 0 radical (unpaired) electrons. The molecule has 9 aromatic rings. The Labute approximate surface area is 257 Å². The van der Waals surface area contributed by atoms with E-state index in [9.17, 15) is 0 Å². The molecule has 6 heteroatoms. The smallest absolute Gasteiger partial charge is 0.238 e. The second-order valence-electron chi connectivity index (χ2n) is 11.3. The fourth-order valence-electron chi connectivity index (χ4n) is 6.83. The lowest BCUT2D eigenvalue weighted by atomic mass is 10.1. The zero-order chi connectivity index (χ0) is 29.5. The summed E-state index contributed by atoms with van der Waals surface area (Å²) in [5.74, 6) is 1.81. The van der Waals surface area contributed by atoms with E-state index in [1.54, 1.807) is 0 Å². The number of furan rings is 1. The van der Waals surface area contributed by atoms with E-state index in [4.69, 9.17) is 19.4 Å². The summed E-state index contributed by atoms with van der Waals surface area (Å²) in [5, 5.41) is 4.45. The highest BCUT2D eigenvalue weighted by atomic mass is 16.3. The average Bonchev–Trinajstić information content (AvgIpc) is 3.66. The van der Waals surface area contributed by atoms with Crippen molar-refractivity contribution in [1.82, 2.24) is 19.5 Å². The van der Waals surface area contributed by atoms with Gasteiger partial charge in [0.15, 0.2) is 11.6 Å². The van der Waals surface area contributed by atoms with Gasteiger partial charge in [-0.05, 0) is 36.4 Å². The van der Waals surface area contributed by atoms with Crippen molar-refractivity contribution >= 4 is 61.1 Å². The standard InChI is InChI=1S/C39H23N5O/c1-3-12-24(13-4-1)37-40-38(25-14-5-2-6-15-25)42-39(41-37)44-30-19-9-8-18-29(30)43-31-23-22-27-26-16-7-10-21-33(26)45-36(27)34(31)28-17-11-20-32(44)35(28)43/h1-23H. The highest BCUT2D eigenvalue weighted by Gasteiger charge is 2.31. The van der Waals surface area contributed by atoms with E-state index in [2.05, 4.69) is 76.2 Å². The molecule has 1 aliphatic heterocycles. The number of rotatable bonds is 3. The lowest BCUT2D eigenvalue weighted by Crippen LogP contribution is -2.21. The Hall–Kier alpha value is -6.27. The molecule has 45 heavy (non-hydrogen) atoms. The summed E-state index contributed by atoms with van der Waals surface area (Å²) in [6.07, 6.45) is 0. The van der Waals surface area contributed by atoms with Crippen LogP contribution in [0.4, 0.5) is 17.3 Å². The van der Waals surface area contributed by atoms with E-state index in [1.165, 1.54) is 0 Å². The third-order valence-electron chi connectivity index (χ3n) is 8.77. The van der Waals surface area contributed by atoms with Gasteiger partial charge in [0.05, 0.1) is 33.5 Å². The SMILES string of the molecule is c1ccc(-c2nc(-c3ccccc3)nc(N3c4ccccc4-n4c5ccc6c7ccccc7oc6c5c5cccc3c54)n2)cc1. The molecule has 0 atom stereocenters. The van der Waals surface area contributed by atoms with Gasteiger partial charge >= 0.3 is 0 Å². The molecule has 10 rings (SSSR count). The summed E-state index contributed by atoms with van der Waals surface area (Å²) >= 11 is 0. The number of anilines is 3. The van der Waals surface area contributed by atoms with Gasteiger partial charge in [-0.25, -0.2) is 4.98 Å². The summed E-state index contributed by atoms with van der Waals surface area (Å²) in [6, 6.07) is 47.7. The van der Waals surface area contributed by atoms with Crippen LogP contribution in [0.3, 0.4) is 0 Å². The Kier molecular flexibility index (Phi) is 4.90. The maximum atomic E-state index is 6.56. The molecule has 6 nitrogen and oxygen atoms in total. The number of aromatic nitrogens is 4. The minimum absolute atomic E-state index is 0.563. The van der Waals surface area contributed by atoms with Crippen LogP contribution in [0.25, 0.3) is 72.2 Å². The number of para-hydroxylation sites is 4. The Morgan fingerprint density at radius 2 is 1.09 bits per heavy atom. The first-order valence-corrected chi connectivity index (χ1v) is 15.0. The maximum absolute atomic E-state index is 6.56. The molecular formula is C39H23N5O. The van der Waals surface area contributed by atoms with Crippen LogP contribution < -0.4 is 4.90 Å². The molecule has 0 bridgehead atoms. The minimum Gasteiger partial charge on any atom is -0.455 e. The summed E-state index contributed by atoms with van der Waals surface area (Å²) in [7, 11) is 0. The van der Waals surface area contributed by atoms with E-state index in [1.807, 2.05) is 72.8 Å². The second kappa shape index (κ2) is 9.11. The Morgan fingerprint density at radius 1 is 0.467 bits per heavy atom. The number of benzene rings is 6. The van der Waals surface area contributed by atoms with Crippen LogP contribution in [-0.2, 0) is 0 Å². The summed E-state index contributed by atoms with van der Waals surface area (Å²) in [4.78, 5) is 17.4. The van der Waals surface area contributed by atoms with Gasteiger partial charge in [0.1, 0.15) is 11.2 Å². The predicted octanol–water partition coefficient (Wildman–Crippen LogP) is 9.99. The third-order valence-corrected chi connectivity index (χ3v) is 8.77. The van der Waals surface area contributed by atoms with Gasteiger partial charge in [0.2, 0.25) is 5.95 Å². The molecule has 0 N–H and O–H groups in total. The Balaban J connectivity index is 1.31. The lowest BCUT2D eigenvalue weighted by Gasteiger charge is -2.31. The number of nitrogens with zero attached hydrogens (tertiary/aromatic N) is 5. The number of hydrogen-bond acceptors (Lipinski definition) is 5. The predicted molar refractivity (Wildman–Crippen MR) is 181 cm³/mol. The first-order chi connectivity index (χ1) is 22.3. The van der Waals surface area contributed by atoms with Crippen LogP contribution in [0.2, 0.25) is 0 Å². The van der Waals surface area contributed by atoms with E-state index in [0.717, 1.165) is 71.9 Å². The van der Waals surface area contributed by atoms with Crippen molar-refractivity contribution in [2.24, 2.45) is 0 Å². The average molecular weight is 578 g/mol. The Morgan fingerprint density at radius 3 is 1.84 bits per heavy atom. The van der Waals surface area contributed by atoms with Crippen molar-refractivity contribution in [2.45, 2.75) is 0 Å². The van der Waals surface area contributed by atoms with Crippen LogP contribution in [0.15, 0.2) is 144 Å². The third kappa shape index (κ3) is 3.42. The van der Waals surface area contributed by atoms with E-state index in [-0.39, 0.29) is 0 Å². The van der Waals surface area contributed by atoms with Crippen molar-refractivity contribution < 1.29 is 4.42 Å². The Bertz CT molecular complexity index is 2550. The van der Waals surface area contributed by atoms with E-state index >= 15 is 0 Å². The number of fused-ring (bicyclic) bond motifs is 9. The van der Waals surface area contributed by atoms with Crippen molar-refractivity contribution in [2.75, 3.05) is 4.90 Å². The van der Waals surface area contributed by atoms with Crippen molar-refractivity contribution in [1.29, 1.82) is 0 Å². The molecule has 3 aromatic heterocycles. The molecule has 0 spiro atoms.